The van der Waals surface area contributed by atoms with Gasteiger partial charge in [0.1, 0.15) is 0 Å². The van der Waals surface area contributed by atoms with Gasteiger partial charge in [0.15, 0.2) is 9.84 Å². The Morgan fingerprint density at radius 2 is 1.76 bits per heavy atom. The van der Waals surface area contributed by atoms with Gasteiger partial charge in [-0.15, -0.1) is 6.58 Å². The molecule has 2 aromatic carbocycles. The van der Waals surface area contributed by atoms with Crippen molar-refractivity contribution in [1.82, 2.24) is 4.90 Å². The lowest BCUT2D eigenvalue weighted by molar-refractivity contribution is -0.155. The number of hydrogen-bond donors (Lipinski definition) is 0. The second-order valence-corrected chi connectivity index (χ2v) is 14.7. The Bertz CT molecular complexity index is 1270. The Kier molecular flexibility index (Phi) is 7.52. The van der Waals surface area contributed by atoms with Crippen LogP contribution in [0.1, 0.15) is 75.0 Å². The van der Waals surface area contributed by atoms with Crippen molar-refractivity contribution in [3.63, 3.8) is 0 Å². The summed E-state index contributed by atoms with van der Waals surface area (Å²) in [5.41, 5.74) is 1.46. The third-order valence-electron chi connectivity index (χ3n) is 8.44. The highest BCUT2D eigenvalue weighted by atomic mass is 35.5. The number of allylic oxidation sites excluding steroid dienone is 1. The highest BCUT2D eigenvalue weighted by Gasteiger charge is 2.53. The average molecular weight is 561 g/mol. The van der Waals surface area contributed by atoms with Crippen LogP contribution in [0.4, 0.5) is 0 Å². The smallest absolute Gasteiger partial charge is 0.229 e. The van der Waals surface area contributed by atoms with Crippen LogP contribution in [0.15, 0.2) is 61.2 Å². The third-order valence-corrected chi connectivity index (χ3v) is 11.2. The van der Waals surface area contributed by atoms with Crippen molar-refractivity contribution in [2.75, 3.05) is 5.75 Å². The van der Waals surface area contributed by atoms with Gasteiger partial charge in [-0.25, -0.2) is 8.42 Å². The van der Waals surface area contributed by atoms with Crippen LogP contribution in [-0.2, 0) is 14.6 Å². The molecule has 5 rings (SSSR count). The first kappa shape index (κ1) is 26.8. The fraction of sp³-hybridized carbons (Fsp3) is 0.500. The van der Waals surface area contributed by atoms with Gasteiger partial charge in [-0.2, -0.15) is 0 Å². The second-order valence-electron chi connectivity index (χ2n) is 11.4. The maximum Gasteiger partial charge on any atom is 0.229 e. The van der Waals surface area contributed by atoms with E-state index in [1.54, 1.807) is 0 Å². The van der Waals surface area contributed by atoms with E-state index >= 15 is 0 Å². The lowest BCUT2D eigenvalue weighted by Crippen LogP contribution is -2.56. The second kappa shape index (κ2) is 10.4. The summed E-state index contributed by atoms with van der Waals surface area (Å²) >= 11 is 12.7. The number of carbonyl (C=O) groups is 1. The van der Waals surface area contributed by atoms with E-state index in [2.05, 4.69) is 17.5 Å². The number of likely N-dealkylation sites (tertiary alicyclic amines) is 1. The molecule has 0 spiro atoms. The molecule has 37 heavy (non-hydrogen) atoms. The highest BCUT2D eigenvalue weighted by Crippen LogP contribution is 2.54. The zero-order valence-electron chi connectivity index (χ0n) is 21.3. The third kappa shape index (κ3) is 5.65. The van der Waals surface area contributed by atoms with Gasteiger partial charge >= 0.3 is 0 Å². The lowest BCUT2D eigenvalue weighted by Gasteiger charge is -2.52. The summed E-state index contributed by atoms with van der Waals surface area (Å²) in [6.45, 7) is 5.99. The van der Waals surface area contributed by atoms with Crippen LogP contribution in [0, 0.1) is 11.3 Å². The number of carbonyl (C=O) groups excluding carboxylic acids is 1. The average Bonchev–Trinajstić information content (AvgIpc) is 3.75. The quantitative estimate of drug-likeness (QED) is 0.285. The Morgan fingerprint density at radius 1 is 1.05 bits per heavy atom. The molecule has 7 heteroatoms. The SMILES string of the molecule is C=CC[C@@]1(C)C[C@H](c2cccc(Cl)c2)[C@@H](c2ccc(Cl)cc2)N([C@@H](CCS(=O)(=O)C2CC2)C2CC2)C1=O. The first-order valence-corrected chi connectivity index (χ1v) is 15.8. The molecule has 0 unspecified atom stereocenters. The number of benzene rings is 2. The molecule has 3 fully saturated rings. The zero-order valence-corrected chi connectivity index (χ0v) is 23.6. The summed E-state index contributed by atoms with van der Waals surface area (Å²) < 4.78 is 25.8. The number of sulfone groups is 1. The van der Waals surface area contributed by atoms with Crippen molar-refractivity contribution in [3.05, 3.63) is 82.4 Å². The molecule has 198 valence electrons. The minimum absolute atomic E-state index is 0.0104. The van der Waals surface area contributed by atoms with Gasteiger partial charge in [0, 0.05) is 22.0 Å². The van der Waals surface area contributed by atoms with Crippen LogP contribution < -0.4 is 0 Å². The molecule has 2 aliphatic carbocycles. The van der Waals surface area contributed by atoms with E-state index in [0.29, 0.717) is 35.2 Å². The molecule has 3 aliphatic rings. The fourth-order valence-corrected chi connectivity index (χ4v) is 8.30. The van der Waals surface area contributed by atoms with Crippen LogP contribution in [0.2, 0.25) is 10.0 Å². The van der Waals surface area contributed by atoms with Crippen LogP contribution in [0.3, 0.4) is 0 Å². The minimum Gasteiger partial charge on any atom is -0.331 e. The van der Waals surface area contributed by atoms with Crippen molar-refractivity contribution in [2.45, 2.75) is 75.1 Å². The monoisotopic (exact) mass is 559 g/mol. The highest BCUT2D eigenvalue weighted by molar-refractivity contribution is 7.92. The molecule has 0 radical (unpaired) electrons. The van der Waals surface area contributed by atoms with E-state index in [4.69, 9.17) is 23.2 Å². The van der Waals surface area contributed by atoms with Gasteiger partial charge in [0.25, 0.3) is 0 Å². The molecule has 4 atom stereocenters. The predicted molar refractivity (Wildman–Crippen MR) is 151 cm³/mol. The van der Waals surface area contributed by atoms with Gasteiger partial charge in [0.05, 0.1) is 22.5 Å². The van der Waals surface area contributed by atoms with E-state index in [1.165, 1.54) is 0 Å². The van der Waals surface area contributed by atoms with E-state index in [1.807, 2.05) is 55.5 Å². The molecular weight excluding hydrogens is 525 g/mol. The van der Waals surface area contributed by atoms with Crippen molar-refractivity contribution in [1.29, 1.82) is 0 Å². The van der Waals surface area contributed by atoms with Crippen LogP contribution in [0.25, 0.3) is 0 Å². The molecule has 1 amide bonds. The molecular formula is C30H35Cl2NO3S. The molecule has 1 aliphatic heterocycles. The summed E-state index contributed by atoms with van der Waals surface area (Å²) in [7, 11) is -3.13. The molecule has 2 saturated carbocycles. The maximum atomic E-state index is 14.5. The van der Waals surface area contributed by atoms with Crippen LogP contribution >= 0.6 is 23.2 Å². The fourth-order valence-electron chi connectivity index (χ4n) is 6.21. The van der Waals surface area contributed by atoms with Gasteiger partial charge in [-0.05, 0) is 86.3 Å². The number of piperidine rings is 1. The lowest BCUT2D eigenvalue weighted by atomic mass is 9.67. The first-order valence-electron chi connectivity index (χ1n) is 13.3. The number of rotatable bonds is 10. The summed E-state index contributed by atoms with van der Waals surface area (Å²) in [6, 6.07) is 15.3. The molecule has 0 bridgehead atoms. The molecule has 4 nitrogen and oxygen atoms in total. The topological polar surface area (TPSA) is 54.5 Å². The minimum atomic E-state index is -3.13. The van der Waals surface area contributed by atoms with E-state index in [0.717, 1.165) is 36.8 Å². The van der Waals surface area contributed by atoms with Crippen LogP contribution in [0.5, 0.6) is 0 Å². The summed E-state index contributed by atoms with van der Waals surface area (Å²) in [4.78, 5) is 16.5. The van der Waals surface area contributed by atoms with Crippen molar-refractivity contribution >= 4 is 38.9 Å². The van der Waals surface area contributed by atoms with Gasteiger partial charge < -0.3 is 4.90 Å². The molecule has 0 aromatic heterocycles. The largest absolute Gasteiger partial charge is 0.331 e. The summed E-state index contributed by atoms with van der Waals surface area (Å²) in [5.74, 6) is 0.532. The Morgan fingerprint density at radius 3 is 2.35 bits per heavy atom. The standard InChI is InChI=1S/C30H35Cl2NO3S/c1-3-16-30(2)19-26(22-5-4-6-24(32)18-22)28(21-9-11-23(31)12-10-21)33(29(30)34)27(20-7-8-20)15-17-37(35,36)25-13-14-25/h3-6,9-12,18,20,25-28H,1,7-8,13-17,19H2,2H3/t26-,27+,28-,30+/m1/s1. The Hall–Kier alpha value is -1.82. The normalized spacial score (nSPS) is 27.2. The number of nitrogens with zero attached hydrogens (tertiary/aromatic N) is 1. The van der Waals surface area contributed by atoms with E-state index in [9.17, 15) is 13.2 Å². The molecule has 0 N–H and O–H groups in total. The van der Waals surface area contributed by atoms with Gasteiger partial charge in [-0.3, -0.25) is 4.79 Å². The number of amides is 1. The first-order chi connectivity index (χ1) is 17.6. The van der Waals surface area contributed by atoms with Gasteiger partial charge in [-0.1, -0.05) is 60.5 Å². The van der Waals surface area contributed by atoms with E-state index < -0.39 is 15.3 Å². The molecule has 2 aromatic rings. The van der Waals surface area contributed by atoms with Crippen molar-refractivity contribution in [3.8, 4) is 0 Å². The summed E-state index contributed by atoms with van der Waals surface area (Å²) in [6.07, 6.45) is 7.09. The Balaban J connectivity index is 1.62. The molecule has 1 heterocycles. The van der Waals surface area contributed by atoms with Gasteiger partial charge in [0.2, 0.25) is 5.91 Å². The molecule has 1 saturated heterocycles. The summed E-state index contributed by atoms with van der Waals surface area (Å²) in [5, 5.41) is 1.11. The number of hydrogen-bond acceptors (Lipinski definition) is 3. The van der Waals surface area contributed by atoms with E-state index in [-0.39, 0.29) is 34.9 Å². The predicted octanol–water partition coefficient (Wildman–Crippen LogP) is 7.38. The maximum absolute atomic E-state index is 14.5. The number of halogens is 2. The zero-order chi connectivity index (χ0) is 26.4. The van der Waals surface area contributed by atoms with Crippen LogP contribution in [-0.4, -0.2) is 36.3 Å². The van der Waals surface area contributed by atoms with Crippen molar-refractivity contribution in [2.24, 2.45) is 11.3 Å². The Labute approximate surface area is 231 Å². The van der Waals surface area contributed by atoms with Crippen molar-refractivity contribution < 1.29 is 13.2 Å².